The summed E-state index contributed by atoms with van der Waals surface area (Å²) in [5.41, 5.74) is 0.914. The smallest absolute Gasteiger partial charge is 0.338 e. The van der Waals surface area contributed by atoms with E-state index in [4.69, 9.17) is 21.1 Å². The van der Waals surface area contributed by atoms with Gasteiger partial charge in [-0.05, 0) is 57.0 Å². The Bertz CT molecular complexity index is 712. The van der Waals surface area contributed by atoms with Crippen LogP contribution in [-0.4, -0.2) is 33.1 Å². The van der Waals surface area contributed by atoms with Crippen molar-refractivity contribution in [3.05, 3.63) is 46.5 Å². The van der Waals surface area contributed by atoms with Crippen LogP contribution >= 0.6 is 11.6 Å². The summed E-state index contributed by atoms with van der Waals surface area (Å²) < 4.78 is 10.6. The second-order valence-electron chi connectivity index (χ2n) is 6.11. The molecular formula is C17H20ClN3O3. The topological polar surface area (TPSA) is 74.2 Å². The number of carbonyl (C=O) groups excluding carboxylic acids is 1. The fourth-order valence-corrected chi connectivity index (χ4v) is 2.09. The van der Waals surface area contributed by atoms with E-state index >= 15 is 0 Å². The number of esters is 1. The van der Waals surface area contributed by atoms with Gasteiger partial charge in [0.1, 0.15) is 11.4 Å². The summed E-state index contributed by atoms with van der Waals surface area (Å²) in [7, 11) is 0. The zero-order valence-corrected chi connectivity index (χ0v) is 14.9. The van der Waals surface area contributed by atoms with Crippen LogP contribution in [0.5, 0.6) is 6.01 Å². The maximum atomic E-state index is 12.0. The van der Waals surface area contributed by atoms with Crippen molar-refractivity contribution < 1.29 is 14.3 Å². The molecule has 0 bridgehead atoms. The predicted molar refractivity (Wildman–Crippen MR) is 90.4 cm³/mol. The van der Waals surface area contributed by atoms with Crippen molar-refractivity contribution in [3.8, 4) is 6.01 Å². The van der Waals surface area contributed by atoms with E-state index < -0.39 is 5.60 Å². The van der Waals surface area contributed by atoms with Gasteiger partial charge in [0.15, 0.2) is 0 Å². The Hall–Kier alpha value is -2.21. The molecular weight excluding hydrogens is 330 g/mol. The molecule has 0 saturated heterocycles. The number of halogens is 1. The first-order valence-corrected chi connectivity index (χ1v) is 8.00. The summed E-state index contributed by atoms with van der Waals surface area (Å²) in [6.45, 7) is 7.79. The minimum absolute atomic E-state index is 0.0915. The standard InChI is InChI=1S/C17H20ClN3O3/c1-5-23-16-20-13(19-15(18)21-16)10-11-6-8-12(9-7-11)14(22)24-17(2,3)4/h6-9H,5,10H2,1-4H3. The van der Waals surface area contributed by atoms with Gasteiger partial charge >= 0.3 is 12.0 Å². The van der Waals surface area contributed by atoms with Gasteiger partial charge in [0, 0.05) is 6.42 Å². The molecule has 2 rings (SSSR count). The van der Waals surface area contributed by atoms with Crippen LogP contribution in [0.2, 0.25) is 5.28 Å². The zero-order chi connectivity index (χ0) is 17.7. The van der Waals surface area contributed by atoms with Gasteiger partial charge in [0.25, 0.3) is 0 Å². The Labute approximate surface area is 146 Å². The molecule has 0 amide bonds. The summed E-state index contributed by atoms with van der Waals surface area (Å²) in [5, 5.41) is 0.0915. The third kappa shape index (κ3) is 5.45. The highest BCUT2D eigenvalue weighted by Crippen LogP contribution is 2.15. The molecule has 7 heteroatoms. The molecule has 0 atom stereocenters. The lowest BCUT2D eigenvalue weighted by molar-refractivity contribution is 0.00695. The number of hydrogen-bond acceptors (Lipinski definition) is 6. The molecule has 24 heavy (non-hydrogen) atoms. The van der Waals surface area contributed by atoms with Crippen LogP contribution in [-0.2, 0) is 11.2 Å². The van der Waals surface area contributed by atoms with Gasteiger partial charge in [-0.15, -0.1) is 0 Å². The molecule has 0 saturated carbocycles. The molecule has 0 unspecified atom stereocenters. The maximum Gasteiger partial charge on any atom is 0.338 e. The van der Waals surface area contributed by atoms with E-state index in [-0.39, 0.29) is 17.3 Å². The number of nitrogens with zero attached hydrogens (tertiary/aromatic N) is 3. The number of rotatable bonds is 5. The minimum atomic E-state index is -0.521. The van der Waals surface area contributed by atoms with E-state index in [2.05, 4.69) is 15.0 Å². The van der Waals surface area contributed by atoms with Crippen molar-refractivity contribution in [1.82, 2.24) is 15.0 Å². The molecule has 0 radical (unpaired) electrons. The Morgan fingerprint density at radius 2 is 1.79 bits per heavy atom. The molecule has 0 spiro atoms. The van der Waals surface area contributed by atoms with E-state index in [1.807, 2.05) is 39.8 Å². The molecule has 0 N–H and O–H groups in total. The van der Waals surface area contributed by atoms with Crippen LogP contribution in [0.1, 0.15) is 49.4 Å². The average Bonchev–Trinajstić information content (AvgIpc) is 2.46. The normalized spacial score (nSPS) is 11.2. The SMILES string of the molecule is CCOc1nc(Cl)nc(Cc2ccc(C(=O)OC(C)(C)C)cc2)n1. The molecule has 2 aromatic rings. The number of carbonyl (C=O) groups is 1. The first kappa shape index (κ1) is 18.1. The zero-order valence-electron chi connectivity index (χ0n) is 14.2. The molecule has 128 valence electrons. The minimum Gasteiger partial charge on any atom is -0.464 e. The van der Waals surface area contributed by atoms with Crippen LogP contribution in [0.3, 0.4) is 0 Å². The first-order chi connectivity index (χ1) is 11.3. The van der Waals surface area contributed by atoms with E-state index in [1.54, 1.807) is 12.1 Å². The lowest BCUT2D eigenvalue weighted by Crippen LogP contribution is -2.23. The summed E-state index contributed by atoms with van der Waals surface area (Å²) in [5.74, 6) is 0.152. The number of hydrogen-bond donors (Lipinski definition) is 0. The van der Waals surface area contributed by atoms with Crippen LogP contribution in [0.4, 0.5) is 0 Å². The van der Waals surface area contributed by atoms with Gasteiger partial charge in [-0.3, -0.25) is 0 Å². The van der Waals surface area contributed by atoms with Crippen molar-refractivity contribution in [2.24, 2.45) is 0 Å². The van der Waals surface area contributed by atoms with Gasteiger partial charge < -0.3 is 9.47 Å². The first-order valence-electron chi connectivity index (χ1n) is 7.62. The maximum absolute atomic E-state index is 12.0. The summed E-state index contributed by atoms with van der Waals surface area (Å²) in [6.07, 6.45) is 0.455. The van der Waals surface area contributed by atoms with Gasteiger partial charge in [-0.25, -0.2) is 9.78 Å². The van der Waals surface area contributed by atoms with Gasteiger partial charge in [-0.1, -0.05) is 12.1 Å². The monoisotopic (exact) mass is 349 g/mol. The van der Waals surface area contributed by atoms with Crippen LogP contribution in [0.25, 0.3) is 0 Å². The summed E-state index contributed by atoms with van der Waals surface area (Å²) in [4.78, 5) is 24.2. The van der Waals surface area contributed by atoms with Gasteiger partial charge in [0.2, 0.25) is 5.28 Å². The highest BCUT2D eigenvalue weighted by Gasteiger charge is 2.17. The third-order valence-corrected chi connectivity index (χ3v) is 3.03. The Morgan fingerprint density at radius 1 is 1.12 bits per heavy atom. The number of ether oxygens (including phenoxy) is 2. The number of aromatic nitrogens is 3. The molecule has 1 aromatic heterocycles. The van der Waals surface area contributed by atoms with Crippen LogP contribution in [0, 0.1) is 0 Å². The van der Waals surface area contributed by atoms with Crippen molar-refractivity contribution in [1.29, 1.82) is 0 Å². The molecule has 1 aromatic carbocycles. The van der Waals surface area contributed by atoms with E-state index in [9.17, 15) is 4.79 Å². The van der Waals surface area contributed by atoms with Gasteiger partial charge in [-0.2, -0.15) is 9.97 Å². The molecule has 0 fully saturated rings. The average molecular weight is 350 g/mol. The number of benzene rings is 1. The van der Waals surface area contributed by atoms with E-state index in [0.717, 1.165) is 5.56 Å². The molecule has 6 nitrogen and oxygen atoms in total. The summed E-state index contributed by atoms with van der Waals surface area (Å²) in [6, 6.07) is 7.30. The second kappa shape index (κ2) is 7.57. The fourth-order valence-electron chi connectivity index (χ4n) is 1.92. The second-order valence-corrected chi connectivity index (χ2v) is 6.45. The highest BCUT2D eigenvalue weighted by atomic mass is 35.5. The molecule has 1 heterocycles. The van der Waals surface area contributed by atoms with Crippen molar-refractivity contribution in [2.75, 3.05) is 6.61 Å². The van der Waals surface area contributed by atoms with Gasteiger partial charge in [0.05, 0.1) is 12.2 Å². The van der Waals surface area contributed by atoms with Crippen LogP contribution < -0.4 is 4.74 Å². The Balaban J connectivity index is 2.10. The van der Waals surface area contributed by atoms with E-state index in [0.29, 0.717) is 24.4 Å². The summed E-state index contributed by atoms with van der Waals surface area (Å²) >= 11 is 5.88. The quantitative estimate of drug-likeness (QED) is 0.769. The lowest BCUT2D eigenvalue weighted by Gasteiger charge is -2.19. The van der Waals surface area contributed by atoms with Crippen molar-refractivity contribution >= 4 is 17.6 Å². The fraction of sp³-hybridized carbons (Fsp3) is 0.412. The van der Waals surface area contributed by atoms with Crippen molar-refractivity contribution in [3.63, 3.8) is 0 Å². The Morgan fingerprint density at radius 3 is 2.38 bits per heavy atom. The highest BCUT2D eigenvalue weighted by molar-refractivity contribution is 6.28. The molecule has 0 aliphatic carbocycles. The van der Waals surface area contributed by atoms with Crippen LogP contribution in [0.15, 0.2) is 24.3 Å². The van der Waals surface area contributed by atoms with E-state index in [1.165, 1.54) is 0 Å². The third-order valence-electron chi connectivity index (χ3n) is 2.86. The largest absolute Gasteiger partial charge is 0.464 e. The molecule has 0 aliphatic heterocycles. The Kier molecular flexibility index (Phi) is 5.72. The predicted octanol–water partition coefficient (Wildman–Crippen LogP) is 3.47. The molecule has 0 aliphatic rings. The lowest BCUT2D eigenvalue weighted by atomic mass is 10.1. The van der Waals surface area contributed by atoms with Crippen molar-refractivity contribution in [2.45, 2.75) is 39.7 Å².